The van der Waals surface area contributed by atoms with Crippen molar-refractivity contribution in [3.05, 3.63) is 21.9 Å². The Hall–Kier alpha value is -1.34. The summed E-state index contributed by atoms with van der Waals surface area (Å²) < 4.78 is 13.4. The second-order valence-corrected chi connectivity index (χ2v) is 5.04. The third-order valence-electron chi connectivity index (χ3n) is 3.04. The first-order valence-corrected chi connectivity index (χ1v) is 6.07. The molecule has 2 atom stereocenters. The first-order valence-electron chi connectivity index (χ1n) is 5.27. The van der Waals surface area contributed by atoms with Gasteiger partial charge in [0.05, 0.1) is 5.92 Å². The molecule has 0 aromatic heterocycles. The Morgan fingerprint density at radius 1 is 1.44 bits per heavy atom. The van der Waals surface area contributed by atoms with Gasteiger partial charge in [0.15, 0.2) is 17.3 Å². The van der Waals surface area contributed by atoms with E-state index in [0.717, 1.165) is 6.07 Å². The SMILES string of the molecule is O=C(O)C1CNC(c2c(Br)cc(F)c(O)c2O)C1. The highest BCUT2D eigenvalue weighted by Crippen LogP contribution is 2.43. The average molecular weight is 320 g/mol. The van der Waals surface area contributed by atoms with Crippen molar-refractivity contribution in [2.75, 3.05) is 6.54 Å². The van der Waals surface area contributed by atoms with Gasteiger partial charge >= 0.3 is 5.97 Å². The number of aliphatic carboxylic acids is 1. The van der Waals surface area contributed by atoms with Crippen LogP contribution in [0.2, 0.25) is 0 Å². The van der Waals surface area contributed by atoms with Crippen molar-refractivity contribution < 1.29 is 24.5 Å². The zero-order valence-electron chi connectivity index (χ0n) is 9.15. The third kappa shape index (κ3) is 2.15. The number of benzene rings is 1. The lowest BCUT2D eigenvalue weighted by molar-refractivity contribution is -0.141. The van der Waals surface area contributed by atoms with Crippen LogP contribution in [0.5, 0.6) is 11.5 Å². The van der Waals surface area contributed by atoms with E-state index >= 15 is 0 Å². The number of hydrogen-bond acceptors (Lipinski definition) is 4. The van der Waals surface area contributed by atoms with E-state index in [9.17, 15) is 19.4 Å². The molecule has 0 saturated carbocycles. The fourth-order valence-electron chi connectivity index (χ4n) is 2.09. The summed E-state index contributed by atoms with van der Waals surface area (Å²) >= 11 is 3.10. The zero-order chi connectivity index (χ0) is 13.4. The molecule has 4 N–H and O–H groups in total. The molecule has 0 spiro atoms. The summed E-state index contributed by atoms with van der Waals surface area (Å²) in [4.78, 5) is 10.8. The molecule has 0 aliphatic carbocycles. The molecule has 18 heavy (non-hydrogen) atoms. The van der Waals surface area contributed by atoms with E-state index in [1.54, 1.807) is 0 Å². The van der Waals surface area contributed by atoms with Gasteiger partial charge in [-0.3, -0.25) is 4.79 Å². The Morgan fingerprint density at radius 3 is 2.67 bits per heavy atom. The molecule has 0 bridgehead atoms. The number of phenolic OH excluding ortho intramolecular Hbond substituents is 2. The molecule has 2 rings (SSSR count). The van der Waals surface area contributed by atoms with Gasteiger partial charge in [0.25, 0.3) is 0 Å². The lowest BCUT2D eigenvalue weighted by Gasteiger charge is -2.16. The third-order valence-corrected chi connectivity index (χ3v) is 3.70. The first-order chi connectivity index (χ1) is 8.41. The van der Waals surface area contributed by atoms with Crippen LogP contribution in [0.25, 0.3) is 0 Å². The summed E-state index contributed by atoms with van der Waals surface area (Å²) in [5, 5.41) is 30.9. The molecule has 1 saturated heterocycles. The number of nitrogens with one attached hydrogen (secondary N) is 1. The minimum absolute atomic E-state index is 0.268. The second-order valence-electron chi connectivity index (χ2n) is 4.18. The highest BCUT2D eigenvalue weighted by molar-refractivity contribution is 9.10. The number of phenols is 2. The van der Waals surface area contributed by atoms with Crippen molar-refractivity contribution in [1.29, 1.82) is 0 Å². The number of carboxylic acid groups (broad SMARTS) is 1. The molecule has 1 aromatic carbocycles. The molecule has 1 heterocycles. The minimum Gasteiger partial charge on any atom is -0.504 e. The summed E-state index contributed by atoms with van der Waals surface area (Å²) in [6, 6.07) is 0.604. The molecular formula is C11H11BrFNO4. The van der Waals surface area contributed by atoms with Crippen molar-refractivity contribution in [3.8, 4) is 11.5 Å². The van der Waals surface area contributed by atoms with E-state index < -0.39 is 35.2 Å². The van der Waals surface area contributed by atoms with Crippen LogP contribution in [0.4, 0.5) is 4.39 Å². The maximum absolute atomic E-state index is 13.2. The van der Waals surface area contributed by atoms with Crippen LogP contribution >= 0.6 is 15.9 Å². The summed E-state index contributed by atoms with van der Waals surface area (Å²) in [6.07, 6.45) is 0.270. The quantitative estimate of drug-likeness (QED) is 0.623. The minimum atomic E-state index is -0.934. The van der Waals surface area contributed by atoms with Gasteiger partial charge in [-0.25, -0.2) is 4.39 Å². The maximum atomic E-state index is 13.2. The monoisotopic (exact) mass is 319 g/mol. The molecule has 0 radical (unpaired) electrons. The van der Waals surface area contributed by atoms with Gasteiger partial charge in [0, 0.05) is 22.6 Å². The molecule has 7 heteroatoms. The predicted molar refractivity (Wildman–Crippen MR) is 63.9 cm³/mol. The Balaban J connectivity index is 2.36. The van der Waals surface area contributed by atoms with Crippen molar-refractivity contribution in [2.24, 2.45) is 5.92 Å². The summed E-state index contributed by atoms with van der Waals surface area (Å²) in [5.74, 6) is -3.81. The zero-order valence-corrected chi connectivity index (χ0v) is 10.7. The molecule has 2 unspecified atom stereocenters. The van der Waals surface area contributed by atoms with Gasteiger partial charge in [-0.1, -0.05) is 15.9 Å². The highest BCUT2D eigenvalue weighted by Gasteiger charge is 2.33. The standard InChI is InChI=1S/C11H11BrFNO4/c12-5-2-6(13)9(15)10(16)8(5)7-1-4(3-14-7)11(17)18/h2,4,7,14-16H,1,3H2,(H,17,18). The van der Waals surface area contributed by atoms with Gasteiger partial charge in [-0.2, -0.15) is 0 Å². The lowest BCUT2D eigenvalue weighted by Crippen LogP contribution is -2.17. The van der Waals surface area contributed by atoms with Crippen LogP contribution in [-0.4, -0.2) is 27.8 Å². The van der Waals surface area contributed by atoms with E-state index in [2.05, 4.69) is 21.2 Å². The Bertz CT molecular complexity index is 508. The molecule has 1 aliphatic rings. The molecule has 98 valence electrons. The number of carbonyl (C=O) groups is 1. The molecular weight excluding hydrogens is 309 g/mol. The van der Waals surface area contributed by atoms with Crippen LogP contribution in [0.1, 0.15) is 18.0 Å². The largest absolute Gasteiger partial charge is 0.504 e. The van der Waals surface area contributed by atoms with E-state index in [4.69, 9.17) is 5.11 Å². The number of hydrogen-bond donors (Lipinski definition) is 4. The van der Waals surface area contributed by atoms with E-state index in [-0.39, 0.29) is 18.5 Å². The molecule has 0 amide bonds. The fraction of sp³-hybridized carbons (Fsp3) is 0.364. The van der Waals surface area contributed by atoms with Gasteiger partial charge in [0.1, 0.15) is 0 Å². The van der Waals surface area contributed by atoms with E-state index in [1.807, 2.05) is 0 Å². The normalized spacial score (nSPS) is 23.2. The van der Waals surface area contributed by atoms with Gasteiger partial charge < -0.3 is 20.6 Å². The van der Waals surface area contributed by atoms with Crippen LogP contribution in [0.3, 0.4) is 0 Å². The summed E-state index contributed by atoms with van der Waals surface area (Å²) in [7, 11) is 0. The van der Waals surface area contributed by atoms with Crippen molar-refractivity contribution in [3.63, 3.8) is 0 Å². The Labute approximate surface area is 110 Å². The Kier molecular flexibility index (Phi) is 3.45. The van der Waals surface area contributed by atoms with Crippen LogP contribution in [0.15, 0.2) is 10.5 Å². The van der Waals surface area contributed by atoms with Gasteiger partial charge in [-0.15, -0.1) is 0 Å². The molecule has 1 fully saturated rings. The number of rotatable bonds is 2. The Morgan fingerprint density at radius 2 is 2.11 bits per heavy atom. The number of aromatic hydroxyl groups is 2. The van der Waals surface area contributed by atoms with Gasteiger partial charge in [0.2, 0.25) is 0 Å². The first kappa shape index (κ1) is 13.1. The maximum Gasteiger partial charge on any atom is 0.307 e. The van der Waals surface area contributed by atoms with Crippen LogP contribution in [0, 0.1) is 11.7 Å². The van der Waals surface area contributed by atoms with Crippen molar-refractivity contribution in [1.82, 2.24) is 5.32 Å². The smallest absolute Gasteiger partial charge is 0.307 e. The van der Waals surface area contributed by atoms with Crippen molar-refractivity contribution in [2.45, 2.75) is 12.5 Å². The van der Waals surface area contributed by atoms with Crippen LogP contribution in [-0.2, 0) is 4.79 Å². The summed E-state index contributed by atoms with van der Waals surface area (Å²) in [6.45, 7) is 0.268. The fourth-order valence-corrected chi connectivity index (χ4v) is 2.75. The molecule has 5 nitrogen and oxygen atoms in total. The number of halogens is 2. The van der Waals surface area contributed by atoms with E-state index in [1.165, 1.54) is 0 Å². The highest BCUT2D eigenvalue weighted by atomic mass is 79.9. The van der Waals surface area contributed by atoms with Crippen molar-refractivity contribution >= 4 is 21.9 Å². The second kappa shape index (κ2) is 4.74. The molecule has 1 aromatic rings. The average Bonchev–Trinajstić information content (AvgIpc) is 2.75. The van der Waals surface area contributed by atoms with E-state index in [0.29, 0.717) is 4.47 Å². The summed E-state index contributed by atoms with van der Waals surface area (Å²) in [5.41, 5.74) is 0.276. The predicted octanol–water partition coefficient (Wildman–Crippen LogP) is 1.73. The lowest BCUT2D eigenvalue weighted by atomic mass is 9.99. The van der Waals surface area contributed by atoms with Gasteiger partial charge in [-0.05, 0) is 12.5 Å². The topological polar surface area (TPSA) is 89.8 Å². The number of carboxylic acids is 1. The van der Waals surface area contributed by atoms with Crippen LogP contribution < -0.4 is 5.32 Å². The molecule has 1 aliphatic heterocycles.